The van der Waals surface area contributed by atoms with Gasteiger partial charge in [-0.05, 0) is 11.1 Å². The Hall–Kier alpha value is -4.00. The molecule has 0 amide bonds. The van der Waals surface area contributed by atoms with Gasteiger partial charge in [0.1, 0.15) is 5.41 Å². The van der Waals surface area contributed by atoms with Gasteiger partial charge in [-0.2, -0.15) is 10.5 Å². The molecule has 160 valence electrons. The third kappa shape index (κ3) is 3.62. The van der Waals surface area contributed by atoms with E-state index < -0.39 is 26.4 Å². The third-order valence-corrected chi connectivity index (χ3v) is 6.87. The van der Waals surface area contributed by atoms with Crippen molar-refractivity contribution in [3.8, 4) is 12.1 Å². The number of nitriles is 2. The summed E-state index contributed by atoms with van der Waals surface area (Å²) in [5, 5.41) is 42.0. The molecule has 0 spiro atoms. The summed E-state index contributed by atoms with van der Waals surface area (Å²) >= 11 is 6.24. The molecule has 4 N–H and O–H groups in total. The van der Waals surface area contributed by atoms with Gasteiger partial charge >= 0.3 is 0 Å². The zero-order chi connectivity index (χ0) is 23.6. The van der Waals surface area contributed by atoms with Gasteiger partial charge in [0.2, 0.25) is 0 Å². The second-order valence-corrected chi connectivity index (χ2v) is 8.46. The lowest BCUT2D eigenvalue weighted by Crippen LogP contribution is -2.47. The predicted octanol–water partition coefficient (Wildman–Crippen LogP) is 3.56. The molecule has 3 atom stereocenters. The summed E-state index contributed by atoms with van der Waals surface area (Å²) in [5.41, 5.74) is 10.6. The topological polar surface area (TPSA) is 186 Å². The Balaban J connectivity index is 2.36. The van der Waals surface area contributed by atoms with E-state index in [1.807, 2.05) is 6.07 Å². The number of benzene rings is 2. The lowest BCUT2D eigenvalue weighted by Gasteiger charge is -2.43. The monoisotopic (exact) mass is 466 g/mol. The second-order valence-electron chi connectivity index (χ2n) is 6.87. The molecule has 3 rings (SSSR count). The van der Waals surface area contributed by atoms with Crippen LogP contribution in [0.5, 0.6) is 0 Å². The van der Waals surface area contributed by atoms with Crippen molar-refractivity contribution in [2.75, 3.05) is 0 Å². The standard InChI is InChI=1S/C20H14N6O4S2/c21-9-15-16(11-3-1-5-13(7-11)25(27)28)20(10-22,19(24)31)17(32-18(15)23)12-4-2-6-14(8-12)26(29)30/h1-8,16-17H,23H2,(H2,24,31). The van der Waals surface area contributed by atoms with Crippen LogP contribution in [0.1, 0.15) is 22.3 Å². The van der Waals surface area contributed by atoms with Crippen LogP contribution < -0.4 is 11.5 Å². The van der Waals surface area contributed by atoms with E-state index in [9.17, 15) is 30.8 Å². The molecule has 12 heteroatoms. The van der Waals surface area contributed by atoms with Crippen LogP contribution in [0.2, 0.25) is 0 Å². The van der Waals surface area contributed by atoms with Crippen molar-refractivity contribution in [3.05, 3.63) is 90.5 Å². The zero-order valence-electron chi connectivity index (χ0n) is 16.2. The minimum atomic E-state index is -1.75. The van der Waals surface area contributed by atoms with Gasteiger partial charge in [-0.3, -0.25) is 20.2 Å². The largest absolute Gasteiger partial charge is 0.393 e. The Kier molecular flexibility index (Phi) is 6.11. The molecule has 10 nitrogen and oxygen atoms in total. The molecule has 0 bridgehead atoms. The molecule has 0 aromatic heterocycles. The van der Waals surface area contributed by atoms with Gasteiger partial charge in [0.15, 0.2) is 0 Å². The maximum atomic E-state index is 11.3. The highest BCUT2D eigenvalue weighted by atomic mass is 32.2. The van der Waals surface area contributed by atoms with Gasteiger partial charge in [-0.15, -0.1) is 0 Å². The van der Waals surface area contributed by atoms with Crippen LogP contribution in [0, 0.1) is 48.3 Å². The van der Waals surface area contributed by atoms with Crippen molar-refractivity contribution >= 4 is 40.3 Å². The van der Waals surface area contributed by atoms with Crippen molar-refractivity contribution in [1.82, 2.24) is 0 Å². The summed E-state index contributed by atoms with van der Waals surface area (Å²) in [6.07, 6.45) is 0. The van der Waals surface area contributed by atoms with Gasteiger partial charge in [-0.1, -0.05) is 48.2 Å². The molecule has 0 aliphatic carbocycles. The van der Waals surface area contributed by atoms with Crippen LogP contribution >= 0.6 is 24.0 Å². The van der Waals surface area contributed by atoms with Gasteiger partial charge < -0.3 is 11.5 Å². The first-order valence-electron chi connectivity index (χ1n) is 8.93. The van der Waals surface area contributed by atoms with Crippen molar-refractivity contribution < 1.29 is 9.85 Å². The molecule has 32 heavy (non-hydrogen) atoms. The van der Waals surface area contributed by atoms with Crippen LogP contribution in [0.15, 0.2) is 59.1 Å². The number of non-ortho nitro benzene ring substituents is 2. The molecular formula is C20H14N6O4S2. The molecule has 0 saturated carbocycles. The average Bonchev–Trinajstić information content (AvgIpc) is 2.78. The molecule has 0 fully saturated rings. The van der Waals surface area contributed by atoms with Gasteiger partial charge in [0, 0.05) is 30.2 Å². The van der Waals surface area contributed by atoms with E-state index in [1.165, 1.54) is 42.5 Å². The molecule has 0 radical (unpaired) electrons. The Labute approximate surface area is 191 Å². The van der Waals surface area contributed by atoms with Gasteiger partial charge in [0.25, 0.3) is 11.4 Å². The number of nitrogens with two attached hydrogens (primary N) is 2. The lowest BCUT2D eigenvalue weighted by molar-refractivity contribution is -0.385. The fourth-order valence-electron chi connectivity index (χ4n) is 3.75. The Bertz CT molecular complexity index is 1270. The number of hydrogen-bond acceptors (Lipinski definition) is 9. The summed E-state index contributed by atoms with van der Waals surface area (Å²) in [6.45, 7) is 0. The lowest BCUT2D eigenvalue weighted by atomic mass is 9.65. The fraction of sp³-hybridized carbons (Fsp3) is 0.150. The van der Waals surface area contributed by atoms with E-state index in [1.54, 1.807) is 6.07 Å². The molecule has 1 aliphatic rings. The highest BCUT2D eigenvalue weighted by Crippen LogP contribution is 2.60. The number of rotatable bonds is 5. The predicted molar refractivity (Wildman–Crippen MR) is 121 cm³/mol. The molecule has 1 heterocycles. The van der Waals surface area contributed by atoms with E-state index in [0.717, 1.165) is 11.8 Å². The number of thiocarbonyl (C=S) groups is 1. The van der Waals surface area contributed by atoms with Crippen LogP contribution in [0.3, 0.4) is 0 Å². The molecule has 2 aromatic rings. The van der Waals surface area contributed by atoms with Crippen LogP contribution in [0.4, 0.5) is 11.4 Å². The molecule has 3 unspecified atom stereocenters. The minimum Gasteiger partial charge on any atom is -0.393 e. The molecule has 2 aromatic carbocycles. The van der Waals surface area contributed by atoms with Crippen molar-refractivity contribution in [1.29, 1.82) is 10.5 Å². The van der Waals surface area contributed by atoms with E-state index >= 15 is 0 Å². The highest BCUT2D eigenvalue weighted by molar-refractivity contribution is 8.03. The van der Waals surface area contributed by atoms with Crippen LogP contribution in [0.25, 0.3) is 0 Å². The van der Waals surface area contributed by atoms with E-state index in [-0.39, 0.29) is 32.5 Å². The number of hydrogen-bond donors (Lipinski definition) is 2. The van der Waals surface area contributed by atoms with Crippen LogP contribution in [-0.2, 0) is 0 Å². The molecular weight excluding hydrogens is 452 g/mol. The summed E-state index contributed by atoms with van der Waals surface area (Å²) in [7, 11) is 0. The average molecular weight is 467 g/mol. The number of nitro groups is 2. The van der Waals surface area contributed by atoms with Crippen molar-refractivity contribution in [3.63, 3.8) is 0 Å². The third-order valence-electron chi connectivity index (χ3n) is 5.18. The fourth-order valence-corrected chi connectivity index (χ4v) is 5.44. The van der Waals surface area contributed by atoms with Crippen LogP contribution in [-0.4, -0.2) is 14.8 Å². The van der Waals surface area contributed by atoms with Crippen molar-refractivity contribution in [2.24, 2.45) is 16.9 Å². The Morgan fingerprint density at radius 2 is 1.59 bits per heavy atom. The Morgan fingerprint density at radius 3 is 2.06 bits per heavy atom. The maximum absolute atomic E-state index is 11.3. The van der Waals surface area contributed by atoms with Crippen molar-refractivity contribution in [2.45, 2.75) is 11.2 Å². The number of thioether (sulfide) groups is 1. The van der Waals surface area contributed by atoms with Gasteiger partial charge in [0.05, 0.1) is 42.8 Å². The highest BCUT2D eigenvalue weighted by Gasteiger charge is 2.56. The number of nitrogens with zero attached hydrogens (tertiary/aromatic N) is 4. The molecule has 1 aliphatic heterocycles. The SMILES string of the molecule is N#CC1=C(N)SC(c2cccc([N+](=O)[O-])c2)C(C#N)(C(N)=S)C1c1cccc([N+](=O)[O-])c1. The second kappa shape index (κ2) is 8.63. The summed E-state index contributed by atoms with van der Waals surface area (Å²) < 4.78 is 0. The Morgan fingerprint density at radius 1 is 1.06 bits per heavy atom. The maximum Gasteiger partial charge on any atom is 0.269 e. The number of nitro benzene ring substituents is 2. The minimum absolute atomic E-state index is 0.00784. The van der Waals surface area contributed by atoms with E-state index in [0.29, 0.717) is 5.56 Å². The normalized spacial score (nSPS) is 22.4. The van der Waals surface area contributed by atoms with Gasteiger partial charge in [-0.25, -0.2) is 0 Å². The zero-order valence-corrected chi connectivity index (χ0v) is 17.8. The molecule has 0 saturated heterocycles. The summed E-state index contributed by atoms with van der Waals surface area (Å²) in [6, 6.07) is 15.2. The van der Waals surface area contributed by atoms with E-state index in [4.69, 9.17) is 23.7 Å². The van der Waals surface area contributed by atoms with E-state index in [2.05, 4.69) is 6.07 Å². The first-order valence-corrected chi connectivity index (χ1v) is 10.2. The first kappa shape index (κ1) is 22.7. The quantitative estimate of drug-likeness (QED) is 0.375. The smallest absolute Gasteiger partial charge is 0.269 e. The number of allylic oxidation sites excluding steroid dienone is 1. The first-order chi connectivity index (χ1) is 15.2. The summed E-state index contributed by atoms with van der Waals surface area (Å²) in [4.78, 5) is 21.2. The summed E-state index contributed by atoms with van der Waals surface area (Å²) in [5.74, 6) is -1.12.